The highest BCUT2D eigenvalue weighted by molar-refractivity contribution is 7.15. The number of hydrogen-bond donors (Lipinski definition) is 2. The molecule has 0 aromatic carbocycles. The Kier molecular flexibility index (Phi) is 5.52. The van der Waals surface area contributed by atoms with Gasteiger partial charge in [-0.3, -0.25) is 5.43 Å². The molecule has 0 fully saturated rings. The maximum Gasteiger partial charge on any atom is 0.219 e. The van der Waals surface area contributed by atoms with Crippen LogP contribution in [-0.4, -0.2) is 16.8 Å². The molecule has 1 unspecified atom stereocenters. The van der Waals surface area contributed by atoms with Crippen molar-refractivity contribution in [2.24, 2.45) is 11.8 Å². The van der Waals surface area contributed by atoms with Crippen molar-refractivity contribution in [2.75, 3.05) is 12.0 Å². The second kappa shape index (κ2) is 6.71. The summed E-state index contributed by atoms with van der Waals surface area (Å²) in [6.07, 6.45) is 2.40. The molecule has 1 aromatic heterocycles. The van der Waals surface area contributed by atoms with Gasteiger partial charge in [0.05, 0.1) is 0 Å². The van der Waals surface area contributed by atoms with E-state index >= 15 is 0 Å². The maximum absolute atomic E-state index is 5.53. The third-order valence-corrected chi connectivity index (χ3v) is 2.83. The van der Waals surface area contributed by atoms with Crippen molar-refractivity contribution in [3.8, 4) is 0 Å². The fourth-order valence-corrected chi connectivity index (χ4v) is 1.88. The van der Waals surface area contributed by atoms with Crippen molar-refractivity contribution in [3.63, 3.8) is 0 Å². The van der Waals surface area contributed by atoms with Gasteiger partial charge in [0, 0.05) is 6.61 Å². The Morgan fingerprint density at radius 1 is 1.53 bits per heavy atom. The van der Waals surface area contributed by atoms with Crippen LogP contribution in [0.15, 0.2) is 0 Å². The number of aromatic nitrogens is 2. The lowest BCUT2D eigenvalue weighted by Gasteiger charge is -2.08. The lowest BCUT2D eigenvalue weighted by molar-refractivity contribution is 0.0888. The molecule has 0 saturated carbocycles. The molecule has 1 atom stereocenters. The van der Waals surface area contributed by atoms with E-state index in [9.17, 15) is 0 Å². The van der Waals surface area contributed by atoms with Crippen LogP contribution in [0.4, 0.5) is 5.13 Å². The van der Waals surface area contributed by atoms with Gasteiger partial charge in [-0.15, -0.1) is 10.2 Å². The molecule has 86 valence electrons. The molecule has 3 N–H and O–H groups in total. The predicted molar refractivity (Wildman–Crippen MR) is 61.4 cm³/mol. The second-order valence-corrected chi connectivity index (χ2v) is 4.62. The number of nitrogens with two attached hydrogens (primary N) is 1. The molecule has 0 aliphatic rings. The fraction of sp³-hybridized carbons (Fsp3) is 0.778. The fourth-order valence-electron chi connectivity index (χ4n) is 1.29. The first-order valence-corrected chi connectivity index (χ1v) is 5.94. The van der Waals surface area contributed by atoms with Crippen LogP contribution in [-0.2, 0) is 11.3 Å². The summed E-state index contributed by atoms with van der Waals surface area (Å²) in [6, 6.07) is 0. The van der Waals surface area contributed by atoms with E-state index in [1.54, 1.807) is 0 Å². The quantitative estimate of drug-likeness (QED) is 0.551. The van der Waals surface area contributed by atoms with Crippen molar-refractivity contribution in [2.45, 2.75) is 33.3 Å². The van der Waals surface area contributed by atoms with Crippen LogP contribution in [0.1, 0.15) is 31.7 Å². The van der Waals surface area contributed by atoms with Crippen molar-refractivity contribution >= 4 is 16.5 Å². The average molecular weight is 230 g/mol. The number of hydrazine groups is 1. The summed E-state index contributed by atoms with van der Waals surface area (Å²) >= 11 is 1.41. The summed E-state index contributed by atoms with van der Waals surface area (Å²) in [5.74, 6) is 5.80. The number of rotatable bonds is 7. The summed E-state index contributed by atoms with van der Waals surface area (Å²) in [7, 11) is 0. The van der Waals surface area contributed by atoms with Gasteiger partial charge in [-0.2, -0.15) is 0 Å². The molecule has 0 bridgehead atoms. The Bertz CT molecular complexity index is 279. The molecular formula is C9H18N4OS. The van der Waals surface area contributed by atoms with Gasteiger partial charge in [0.25, 0.3) is 0 Å². The van der Waals surface area contributed by atoms with Crippen LogP contribution in [0.5, 0.6) is 0 Å². The largest absolute Gasteiger partial charge is 0.374 e. The second-order valence-electron chi connectivity index (χ2n) is 3.55. The van der Waals surface area contributed by atoms with Crippen LogP contribution >= 0.6 is 11.3 Å². The molecule has 0 aliphatic carbocycles. The van der Waals surface area contributed by atoms with Gasteiger partial charge in [0.1, 0.15) is 11.6 Å². The highest BCUT2D eigenvalue weighted by Crippen LogP contribution is 2.15. The van der Waals surface area contributed by atoms with Crippen molar-refractivity contribution < 1.29 is 4.74 Å². The van der Waals surface area contributed by atoms with Crippen LogP contribution < -0.4 is 11.3 Å². The number of nitrogen functional groups attached to an aromatic ring is 1. The normalized spacial score (nSPS) is 12.7. The number of nitrogens with one attached hydrogen (secondary N) is 1. The van der Waals surface area contributed by atoms with E-state index in [1.807, 2.05) is 0 Å². The number of hydrogen-bond acceptors (Lipinski definition) is 6. The van der Waals surface area contributed by atoms with Crippen LogP contribution in [0, 0.1) is 5.92 Å². The van der Waals surface area contributed by atoms with Crippen LogP contribution in [0.25, 0.3) is 0 Å². The van der Waals surface area contributed by atoms with E-state index in [-0.39, 0.29) is 0 Å². The van der Waals surface area contributed by atoms with E-state index in [2.05, 4.69) is 29.5 Å². The zero-order valence-corrected chi connectivity index (χ0v) is 10.0. The molecule has 0 spiro atoms. The smallest absolute Gasteiger partial charge is 0.219 e. The van der Waals surface area contributed by atoms with Gasteiger partial charge in [-0.25, -0.2) is 5.84 Å². The minimum atomic E-state index is 0.521. The van der Waals surface area contributed by atoms with Gasteiger partial charge in [0.2, 0.25) is 5.13 Å². The zero-order valence-electron chi connectivity index (χ0n) is 9.19. The first kappa shape index (κ1) is 12.4. The number of ether oxygens (including phenoxy) is 1. The highest BCUT2D eigenvalue weighted by Gasteiger charge is 2.04. The summed E-state index contributed by atoms with van der Waals surface area (Å²) in [4.78, 5) is 0. The first-order valence-electron chi connectivity index (χ1n) is 5.13. The molecule has 15 heavy (non-hydrogen) atoms. The van der Waals surface area contributed by atoms with Crippen LogP contribution in [0.3, 0.4) is 0 Å². The van der Waals surface area contributed by atoms with E-state index in [1.165, 1.54) is 24.2 Å². The molecule has 0 radical (unpaired) electrons. The molecular weight excluding hydrogens is 212 g/mol. The van der Waals surface area contributed by atoms with Gasteiger partial charge in [0.15, 0.2) is 0 Å². The van der Waals surface area contributed by atoms with Crippen molar-refractivity contribution in [3.05, 3.63) is 5.01 Å². The van der Waals surface area contributed by atoms with Crippen LogP contribution in [0.2, 0.25) is 0 Å². The molecule has 0 saturated heterocycles. The van der Waals surface area contributed by atoms with Crippen molar-refractivity contribution in [1.29, 1.82) is 0 Å². The minimum absolute atomic E-state index is 0.521. The summed E-state index contributed by atoms with van der Waals surface area (Å²) in [6.45, 7) is 5.67. The average Bonchev–Trinajstić information content (AvgIpc) is 2.66. The van der Waals surface area contributed by atoms with Gasteiger partial charge < -0.3 is 4.74 Å². The highest BCUT2D eigenvalue weighted by atomic mass is 32.1. The maximum atomic E-state index is 5.53. The molecule has 6 heteroatoms. The molecule has 1 heterocycles. The van der Waals surface area contributed by atoms with Gasteiger partial charge >= 0.3 is 0 Å². The van der Waals surface area contributed by atoms with E-state index in [4.69, 9.17) is 10.6 Å². The Morgan fingerprint density at radius 3 is 2.93 bits per heavy atom. The lowest BCUT2D eigenvalue weighted by Crippen LogP contribution is -2.05. The Hall–Kier alpha value is -0.720. The zero-order chi connectivity index (χ0) is 11.1. The van der Waals surface area contributed by atoms with E-state index in [0.29, 0.717) is 17.7 Å². The summed E-state index contributed by atoms with van der Waals surface area (Å²) < 4.78 is 5.53. The summed E-state index contributed by atoms with van der Waals surface area (Å²) in [5, 5.41) is 9.23. The SMILES string of the molecule is CCCC(C)COCc1nnc(NN)s1. The van der Waals surface area contributed by atoms with E-state index in [0.717, 1.165) is 11.6 Å². The Labute approximate surface area is 94.0 Å². The topological polar surface area (TPSA) is 73.1 Å². The monoisotopic (exact) mass is 230 g/mol. The molecule has 1 aromatic rings. The van der Waals surface area contributed by atoms with Crippen molar-refractivity contribution in [1.82, 2.24) is 10.2 Å². The Balaban J connectivity index is 2.19. The number of anilines is 1. The molecule has 5 nitrogen and oxygen atoms in total. The lowest BCUT2D eigenvalue weighted by atomic mass is 10.1. The third kappa shape index (κ3) is 4.55. The minimum Gasteiger partial charge on any atom is -0.374 e. The summed E-state index contributed by atoms with van der Waals surface area (Å²) in [5.41, 5.74) is 2.46. The molecule has 0 aliphatic heterocycles. The molecule has 0 amide bonds. The molecule has 1 rings (SSSR count). The third-order valence-electron chi connectivity index (χ3n) is 2.00. The first-order chi connectivity index (χ1) is 7.26. The van der Waals surface area contributed by atoms with E-state index < -0.39 is 0 Å². The predicted octanol–water partition coefficient (Wildman–Crippen LogP) is 1.78. The standard InChI is InChI=1S/C9H18N4OS/c1-3-4-7(2)5-14-6-8-12-13-9(11-10)15-8/h7H,3-6,10H2,1-2H3,(H,11,13). The van der Waals surface area contributed by atoms with Gasteiger partial charge in [-0.1, -0.05) is 31.6 Å². The van der Waals surface area contributed by atoms with Gasteiger partial charge in [-0.05, 0) is 12.3 Å². The number of nitrogens with zero attached hydrogens (tertiary/aromatic N) is 2. The Morgan fingerprint density at radius 2 is 2.33 bits per heavy atom.